The minimum atomic E-state index is 0.826. The largest absolute Gasteiger partial charge is 0.373 e. The highest BCUT2D eigenvalue weighted by Crippen LogP contribution is 2.27. The van der Waals surface area contributed by atoms with Crippen LogP contribution in [0.15, 0.2) is 42.1 Å². The molecule has 1 aliphatic rings. The Morgan fingerprint density at radius 3 is 2.59 bits per heavy atom. The van der Waals surface area contributed by atoms with Gasteiger partial charge in [0.05, 0.1) is 0 Å². The Kier molecular flexibility index (Phi) is 4.24. The van der Waals surface area contributed by atoms with Gasteiger partial charge in [-0.2, -0.15) is 0 Å². The highest BCUT2D eigenvalue weighted by Gasteiger charge is 2.18. The first-order valence-electron chi connectivity index (χ1n) is 6.82. The Hall–Kier alpha value is -1.24. The first kappa shape index (κ1) is 12.2. The molecule has 1 aromatic rings. The van der Waals surface area contributed by atoms with Crippen molar-refractivity contribution in [3.8, 4) is 0 Å². The second kappa shape index (κ2) is 5.90. The second-order valence-electron chi connectivity index (χ2n) is 4.91. The van der Waals surface area contributed by atoms with Crippen LogP contribution in [0.1, 0.15) is 38.7 Å². The van der Waals surface area contributed by atoms with Crippen molar-refractivity contribution in [1.29, 1.82) is 0 Å². The fourth-order valence-corrected chi connectivity index (χ4v) is 2.70. The maximum atomic E-state index is 2.47. The summed E-state index contributed by atoms with van der Waals surface area (Å²) in [5.74, 6) is 0.826. The third-order valence-electron chi connectivity index (χ3n) is 3.77. The van der Waals surface area contributed by atoms with E-state index in [2.05, 4.69) is 55.3 Å². The van der Waals surface area contributed by atoms with E-state index >= 15 is 0 Å². The van der Waals surface area contributed by atoms with Crippen LogP contribution in [-0.2, 0) is 6.54 Å². The van der Waals surface area contributed by atoms with Crippen LogP contribution in [-0.4, -0.2) is 11.4 Å². The summed E-state index contributed by atoms with van der Waals surface area (Å²) in [6.07, 6.45) is 6.22. The summed E-state index contributed by atoms with van der Waals surface area (Å²) in [5, 5.41) is 0. The molecule has 17 heavy (non-hydrogen) atoms. The van der Waals surface area contributed by atoms with E-state index in [0.29, 0.717) is 0 Å². The topological polar surface area (TPSA) is 3.24 Å². The van der Waals surface area contributed by atoms with Crippen molar-refractivity contribution >= 4 is 0 Å². The Labute approximate surface area is 105 Å². The summed E-state index contributed by atoms with van der Waals surface area (Å²) >= 11 is 0. The van der Waals surface area contributed by atoms with E-state index in [9.17, 15) is 0 Å². The van der Waals surface area contributed by atoms with Crippen molar-refractivity contribution in [3.05, 3.63) is 47.7 Å². The molecule has 1 aromatic carbocycles. The number of benzene rings is 1. The van der Waals surface area contributed by atoms with Gasteiger partial charge in [-0.25, -0.2) is 0 Å². The molecule has 0 saturated heterocycles. The van der Waals surface area contributed by atoms with Crippen LogP contribution in [0.5, 0.6) is 0 Å². The standard InChI is InChI=1S/C16H23N/c1-3-15-10-11-17(13-16(15)4-2)12-14-8-6-5-7-9-14/h5-9,13,15H,3-4,10-12H2,1-2H3. The van der Waals surface area contributed by atoms with E-state index < -0.39 is 0 Å². The molecule has 0 radical (unpaired) electrons. The van der Waals surface area contributed by atoms with Gasteiger partial charge in [-0.1, -0.05) is 49.8 Å². The molecular formula is C16H23N. The number of allylic oxidation sites excluding steroid dienone is 1. The quantitative estimate of drug-likeness (QED) is 0.747. The van der Waals surface area contributed by atoms with Crippen LogP contribution in [0.25, 0.3) is 0 Å². The Morgan fingerprint density at radius 1 is 1.18 bits per heavy atom. The lowest BCUT2D eigenvalue weighted by Crippen LogP contribution is -2.26. The summed E-state index contributed by atoms with van der Waals surface area (Å²) in [6, 6.07) is 10.8. The molecule has 0 fully saturated rings. The third kappa shape index (κ3) is 3.12. The minimum Gasteiger partial charge on any atom is -0.373 e. The Bertz CT molecular complexity index is 366. The first-order valence-corrected chi connectivity index (χ1v) is 6.82. The predicted octanol–water partition coefficient (Wildman–Crippen LogP) is 4.21. The van der Waals surface area contributed by atoms with E-state index in [4.69, 9.17) is 0 Å². The molecule has 0 spiro atoms. The number of hydrogen-bond donors (Lipinski definition) is 0. The van der Waals surface area contributed by atoms with Crippen molar-refractivity contribution in [2.24, 2.45) is 5.92 Å². The van der Waals surface area contributed by atoms with Crippen LogP contribution >= 0.6 is 0 Å². The Balaban J connectivity index is 2.04. The summed E-state index contributed by atoms with van der Waals surface area (Å²) in [4.78, 5) is 2.47. The molecule has 1 nitrogen and oxygen atoms in total. The fraction of sp³-hybridized carbons (Fsp3) is 0.500. The van der Waals surface area contributed by atoms with Gasteiger partial charge in [0.2, 0.25) is 0 Å². The molecule has 1 heteroatoms. The summed E-state index contributed by atoms with van der Waals surface area (Å²) < 4.78 is 0. The number of hydrogen-bond acceptors (Lipinski definition) is 1. The lowest BCUT2D eigenvalue weighted by atomic mass is 9.89. The van der Waals surface area contributed by atoms with Gasteiger partial charge in [0.25, 0.3) is 0 Å². The van der Waals surface area contributed by atoms with Gasteiger partial charge in [0, 0.05) is 13.1 Å². The predicted molar refractivity (Wildman–Crippen MR) is 73.6 cm³/mol. The van der Waals surface area contributed by atoms with Crippen LogP contribution in [0.3, 0.4) is 0 Å². The SMILES string of the molecule is CCC1=CN(Cc2ccccc2)CCC1CC. The lowest BCUT2D eigenvalue weighted by molar-refractivity contribution is 0.299. The average Bonchev–Trinajstić information content (AvgIpc) is 2.40. The molecule has 1 unspecified atom stereocenters. The number of nitrogens with zero attached hydrogens (tertiary/aromatic N) is 1. The maximum Gasteiger partial charge on any atom is 0.0423 e. The molecule has 1 atom stereocenters. The highest BCUT2D eigenvalue weighted by atomic mass is 15.1. The van der Waals surface area contributed by atoms with E-state index in [1.807, 2.05) is 0 Å². The molecule has 0 aliphatic carbocycles. The number of rotatable bonds is 4. The van der Waals surface area contributed by atoms with E-state index in [0.717, 1.165) is 12.5 Å². The van der Waals surface area contributed by atoms with E-state index in [-0.39, 0.29) is 0 Å². The van der Waals surface area contributed by atoms with Gasteiger partial charge in [-0.3, -0.25) is 0 Å². The van der Waals surface area contributed by atoms with Gasteiger partial charge < -0.3 is 4.90 Å². The van der Waals surface area contributed by atoms with Crippen molar-refractivity contribution in [2.45, 2.75) is 39.7 Å². The van der Waals surface area contributed by atoms with Crippen molar-refractivity contribution in [3.63, 3.8) is 0 Å². The molecule has 0 saturated carbocycles. The van der Waals surface area contributed by atoms with Crippen molar-refractivity contribution < 1.29 is 0 Å². The zero-order chi connectivity index (χ0) is 12.1. The molecule has 0 bridgehead atoms. The molecule has 1 aliphatic heterocycles. The van der Waals surface area contributed by atoms with Crippen LogP contribution < -0.4 is 0 Å². The average molecular weight is 229 g/mol. The molecule has 0 N–H and O–H groups in total. The first-order chi connectivity index (χ1) is 8.33. The molecule has 1 heterocycles. The monoisotopic (exact) mass is 229 g/mol. The summed E-state index contributed by atoms with van der Waals surface area (Å²) in [6.45, 7) is 6.85. The molecule has 92 valence electrons. The zero-order valence-corrected chi connectivity index (χ0v) is 11.0. The van der Waals surface area contributed by atoms with Gasteiger partial charge in [-0.05, 0) is 36.9 Å². The third-order valence-corrected chi connectivity index (χ3v) is 3.77. The molecule has 2 rings (SSSR count). The smallest absolute Gasteiger partial charge is 0.0423 e. The molecule has 0 amide bonds. The molecule has 0 aromatic heterocycles. The second-order valence-corrected chi connectivity index (χ2v) is 4.91. The van der Waals surface area contributed by atoms with E-state index in [1.165, 1.54) is 31.4 Å². The fourth-order valence-electron chi connectivity index (χ4n) is 2.70. The Morgan fingerprint density at radius 2 is 1.94 bits per heavy atom. The van der Waals surface area contributed by atoms with Crippen molar-refractivity contribution in [1.82, 2.24) is 4.90 Å². The normalized spacial score (nSPS) is 20.2. The lowest BCUT2D eigenvalue weighted by Gasteiger charge is -2.32. The van der Waals surface area contributed by atoms with Crippen LogP contribution in [0, 0.1) is 5.92 Å². The van der Waals surface area contributed by atoms with Crippen LogP contribution in [0.2, 0.25) is 0 Å². The molecular weight excluding hydrogens is 206 g/mol. The van der Waals surface area contributed by atoms with E-state index in [1.54, 1.807) is 5.57 Å². The van der Waals surface area contributed by atoms with Crippen LogP contribution in [0.4, 0.5) is 0 Å². The van der Waals surface area contributed by atoms with Gasteiger partial charge in [0.15, 0.2) is 0 Å². The zero-order valence-electron chi connectivity index (χ0n) is 11.0. The maximum absolute atomic E-state index is 2.47. The summed E-state index contributed by atoms with van der Waals surface area (Å²) in [7, 11) is 0. The highest BCUT2D eigenvalue weighted by molar-refractivity contribution is 5.16. The summed E-state index contributed by atoms with van der Waals surface area (Å²) in [5.41, 5.74) is 3.05. The van der Waals surface area contributed by atoms with Gasteiger partial charge >= 0.3 is 0 Å². The minimum absolute atomic E-state index is 0.826. The van der Waals surface area contributed by atoms with Gasteiger partial charge in [-0.15, -0.1) is 0 Å². The van der Waals surface area contributed by atoms with Crippen molar-refractivity contribution in [2.75, 3.05) is 6.54 Å². The van der Waals surface area contributed by atoms with Gasteiger partial charge in [0.1, 0.15) is 0 Å².